The number of hydrogen-bond donors (Lipinski definition) is 0. The van der Waals surface area contributed by atoms with E-state index < -0.39 is 0 Å². The molecule has 0 bridgehead atoms. The monoisotopic (exact) mass is 282 g/mol. The van der Waals surface area contributed by atoms with Crippen molar-refractivity contribution in [1.82, 2.24) is 0 Å². The van der Waals surface area contributed by atoms with Gasteiger partial charge in [-0.25, -0.2) is 4.39 Å². The summed E-state index contributed by atoms with van der Waals surface area (Å²) in [6, 6.07) is 14.7. The minimum atomic E-state index is -0.270. The van der Waals surface area contributed by atoms with E-state index in [1.165, 1.54) is 6.07 Å². The van der Waals surface area contributed by atoms with Crippen LogP contribution in [0, 0.1) is 5.82 Å². The van der Waals surface area contributed by atoms with Crippen molar-refractivity contribution in [3.63, 3.8) is 0 Å². The van der Waals surface area contributed by atoms with Gasteiger partial charge < -0.3 is 0 Å². The fourth-order valence-electron chi connectivity index (χ4n) is 1.94. The number of benzene rings is 2. The highest BCUT2D eigenvalue weighted by atomic mass is 35.5. The van der Waals surface area contributed by atoms with E-state index in [4.69, 9.17) is 23.2 Å². The maximum atomic E-state index is 13.7. The topological polar surface area (TPSA) is 0 Å². The molecule has 0 aliphatic carbocycles. The molecule has 3 heteroatoms. The van der Waals surface area contributed by atoms with Crippen molar-refractivity contribution >= 4 is 23.2 Å². The molecule has 0 aliphatic heterocycles. The SMILES string of the molecule is Fc1cc(Cl)ccc1CC(CCl)c1ccccc1. The first-order valence-corrected chi connectivity index (χ1v) is 6.67. The van der Waals surface area contributed by atoms with Gasteiger partial charge in [0.2, 0.25) is 0 Å². The second kappa shape index (κ2) is 6.21. The van der Waals surface area contributed by atoms with Gasteiger partial charge in [-0.15, -0.1) is 11.6 Å². The molecular formula is C15H13Cl2F. The maximum absolute atomic E-state index is 13.7. The molecule has 1 unspecified atom stereocenters. The van der Waals surface area contributed by atoms with Crippen LogP contribution in [0.4, 0.5) is 4.39 Å². The maximum Gasteiger partial charge on any atom is 0.127 e. The molecule has 0 fully saturated rings. The van der Waals surface area contributed by atoms with Crippen LogP contribution in [0.15, 0.2) is 48.5 Å². The van der Waals surface area contributed by atoms with Gasteiger partial charge in [0.25, 0.3) is 0 Å². The van der Waals surface area contributed by atoms with Gasteiger partial charge >= 0.3 is 0 Å². The molecule has 0 heterocycles. The van der Waals surface area contributed by atoms with Gasteiger partial charge in [-0.2, -0.15) is 0 Å². The van der Waals surface area contributed by atoms with Crippen molar-refractivity contribution in [2.45, 2.75) is 12.3 Å². The average Bonchev–Trinajstić information content (AvgIpc) is 2.39. The van der Waals surface area contributed by atoms with Crippen LogP contribution in [-0.4, -0.2) is 5.88 Å². The highest BCUT2D eigenvalue weighted by Gasteiger charge is 2.13. The second-order valence-corrected chi connectivity index (χ2v) is 4.95. The number of alkyl halides is 1. The summed E-state index contributed by atoms with van der Waals surface area (Å²) in [5.74, 6) is 0.309. The van der Waals surface area contributed by atoms with E-state index in [0.29, 0.717) is 22.9 Å². The van der Waals surface area contributed by atoms with Crippen LogP contribution < -0.4 is 0 Å². The molecule has 0 saturated carbocycles. The second-order valence-electron chi connectivity index (χ2n) is 4.20. The Kier molecular flexibility index (Phi) is 4.62. The Morgan fingerprint density at radius 3 is 2.39 bits per heavy atom. The van der Waals surface area contributed by atoms with Crippen LogP contribution in [0.5, 0.6) is 0 Å². The smallest absolute Gasteiger partial charge is 0.127 e. The highest BCUT2D eigenvalue weighted by Crippen LogP contribution is 2.24. The lowest BCUT2D eigenvalue weighted by Crippen LogP contribution is -2.06. The number of halogens is 3. The Bertz CT molecular complexity index is 511. The summed E-state index contributed by atoms with van der Waals surface area (Å²) in [6.45, 7) is 0. The lowest BCUT2D eigenvalue weighted by molar-refractivity contribution is 0.598. The fourth-order valence-corrected chi connectivity index (χ4v) is 2.39. The van der Waals surface area contributed by atoms with Gasteiger partial charge in [0, 0.05) is 16.8 Å². The van der Waals surface area contributed by atoms with Crippen LogP contribution >= 0.6 is 23.2 Å². The van der Waals surface area contributed by atoms with Crippen molar-refractivity contribution in [2.24, 2.45) is 0 Å². The van der Waals surface area contributed by atoms with E-state index in [9.17, 15) is 4.39 Å². The molecule has 0 amide bonds. The molecule has 0 saturated heterocycles. The highest BCUT2D eigenvalue weighted by molar-refractivity contribution is 6.30. The Morgan fingerprint density at radius 1 is 1.06 bits per heavy atom. The van der Waals surface area contributed by atoms with Gasteiger partial charge in [0.1, 0.15) is 5.82 Å². The van der Waals surface area contributed by atoms with E-state index in [-0.39, 0.29) is 11.7 Å². The molecule has 0 spiro atoms. The van der Waals surface area contributed by atoms with Crippen LogP contribution in [-0.2, 0) is 6.42 Å². The lowest BCUT2D eigenvalue weighted by atomic mass is 9.93. The average molecular weight is 283 g/mol. The third-order valence-corrected chi connectivity index (χ3v) is 3.55. The summed E-state index contributed by atoms with van der Waals surface area (Å²) in [5.41, 5.74) is 1.77. The number of rotatable bonds is 4. The minimum absolute atomic E-state index is 0.114. The van der Waals surface area contributed by atoms with E-state index in [2.05, 4.69) is 0 Å². The lowest BCUT2D eigenvalue weighted by Gasteiger charge is -2.15. The van der Waals surface area contributed by atoms with Crippen LogP contribution in [0.1, 0.15) is 17.0 Å². The Labute approximate surface area is 116 Å². The quantitative estimate of drug-likeness (QED) is 0.689. The fraction of sp³-hybridized carbons (Fsp3) is 0.200. The molecule has 2 rings (SSSR count). The van der Waals surface area contributed by atoms with E-state index in [1.54, 1.807) is 12.1 Å². The van der Waals surface area contributed by atoms with Crippen molar-refractivity contribution in [2.75, 3.05) is 5.88 Å². The molecule has 0 aliphatic rings. The third-order valence-electron chi connectivity index (χ3n) is 2.94. The first-order valence-electron chi connectivity index (χ1n) is 5.75. The first-order chi connectivity index (χ1) is 8.70. The molecule has 1 atom stereocenters. The Morgan fingerprint density at radius 2 is 1.78 bits per heavy atom. The van der Waals surface area contributed by atoms with Gasteiger partial charge in [-0.05, 0) is 29.7 Å². The molecular weight excluding hydrogens is 270 g/mol. The molecule has 94 valence electrons. The summed E-state index contributed by atoms with van der Waals surface area (Å²) in [7, 11) is 0. The minimum Gasteiger partial charge on any atom is -0.207 e. The Balaban J connectivity index is 2.21. The normalized spacial score (nSPS) is 12.4. The van der Waals surface area contributed by atoms with Gasteiger partial charge in [0.05, 0.1) is 0 Å². The molecule has 0 N–H and O–H groups in total. The predicted molar refractivity (Wildman–Crippen MR) is 75.0 cm³/mol. The van der Waals surface area contributed by atoms with Gasteiger partial charge in [-0.3, -0.25) is 0 Å². The van der Waals surface area contributed by atoms with Crippen molar-refractivity contribution in [3.8, 4) is 0 Å². The Hall–Kier alpha value is -1.05. The van der Waals surface area contributed by atoms with Gasteiger partial charge in [0.15, 0.2) is 0 Å². The van der Waals surface area contributed by atoms with Crippen molar-refractivity contribution in [1.29, 1.82) is 0 Å². The van der Waals surface area contributed by atoms with Crippen LogP contribution in [0.3, 0.4) is 0 Å². The van der Waals surface area contributed by atoms with Crippen molar-refractivity contribution < 1.29 is 4.39 Å². The van der Waals surface area contributed by atoms with E-state index >= 15 is 0 Å². The summed E-state index contributed by atoms with van der Waals surface area (Å²) in [6.07, 6.45) is 0.580. The predicted octanol–water partition coefficient (Wildman–Crippen LogP) is 5.04. The molecule has 0 nitrogen and oxygen atoms in total. The molecule has 18 heavy (non-hydrogen) atoms. The van der Waals surface area contributed by atoms with Crippen LogP contribution in [0.25, 0.3) is 0 Å². The third kappa shape index (κ3) is 3.24. The summed E-state index contributed by atoms with van der Waals surface area (Å²) < 4.78 is 13.7. The van der Waals surface area contributed by atoms with E-state index in [0.717, 1.165) is 5.56 Å². The molecule has 2 aromatic rings. The first kappa shape index (κ1) is 13.4. The number of hydrogen-bond acceptors (Lipinski definition) is 0. The zero-order valence-corrected chi connectivity index (χ0v) is 11.3. The molecule has 0 radical (unpaired) electrons. The molecule has 0 aromatic heterocycles. The van der Waals surface area contributed by atoms with Gasteiger partial charge in [-0.1, -0.05) is 48.0 Å². The zero-order valence-electron chi connectivity index (χ0n) is 9.74. The zero-order chi connectivity index (χ0) is 13.0. The largest absolute Gasteiger partial charge is 0.207 e. The standard InChI is InChI=1S/C15H13Cl2F/c16-10-13(11-4-2-1-3-5-11)8-12-6-7-14(17)9-15(12)18/h1-7,9,13H,8,10H2. The summed E-state index contributed by atoms with van der Waals surface area (Å²) in [5, 5.41) is 0.415. The van der Waals surface area contributed by atoms with Crippen LogP contribution in [0.2, 0.25) is 5.02 Å². The van der Waals surface area contributed by atoms with Crippen molar-refractivity contribution in [3.05, 3.63) is 70.5 Å². The molecule has 2 aromatic carbocycles. The summed E-state index contributed by atoms with van der Waals surface area (Å²) in [4.78, 5) is 0. The van der Waals surface area contributed by atoms with E-state index in [1.807, 2.05) is 30.3 Å². The summed E-state index contributed by atoms with van der Waals surface area (Å²) >= 11 is 11.7.